The van der Waals surface area contributed by atoms with E-state index in [0.29, 0.717) is 0 Å². The van der Waals surface area contributed by atoms with Gasteiger partial charge in [0.2, 0.25) is 0 Å². The smallest absolute Gasteiger partial charge is 0.0541 e. The van der Waals surface area contributed by atoms with Crippen molar-refractivity contribution in [1.29, 1.82) is 0 Å². The molecule has 0 fully saturated rings. The summed E-state index contributed by atoms with van der Waals surface area (Å²) in [7, 11) is 0. The second kappa shape index (κ2) is 9.29. The van der Waals surface area contributed by atoms with Crippen LogP contribution in [0.4, 0.5) is 0 Å². The van der Waals surface area contributed by atoms with Gasteiger partial charge in [0.25, 0.3) is 0 Å². The Morgan fingerprint density at radius 2 is 0.844 bits per heavy atom. The van der Waals surface area contributed by atoms with Crippen molar-refractivity contribution >= 4 is 64.9 Å². The van der Waals surface area contributed by atoms with Crippen LogP contribution in [0.15, 0.2) is 164 Å². The maximum atomic E-state index is 2.40. The van der Waals surface area contributed by atoms with E-state index in [1.807, 2.05) is 0 Å². The molecule has 1 aromatic heterocycles. The van der Waals surface area contributed by atoms with Crippen LogP contribution in [0.5, 0.6) is 0 Å². The number of benzene rings is 9. The third kappa shape index (κ3) is 3.56. The Bertz CT molecular complexity index is 2710. The lowest BCUT2D eigenvalue weighted by Gasteiger charge is -2.17. The Morgan fingerprint density at radius 1 is 0.311 bits per heavy atom. The van der Waals surface area contributed by atoms with Gasteiger partial charge in [0.15, 0.2) is 0 Å². The molecule has 0 atom stereocenters. The van der Waals surface area contributed by atoms with Crippen molar-refractivity contribution in [3.8, 4) is 27.9 Å². The third-order valence-electron chi connectivity index (χ3n) is 9.72. The number of hydrogen-bond acceptors (Lipinski definition) is 0. The van der Waals surface area contributed by atoms with Crippen LogP contribution in [0, 0.1) is 0 Å². The molecule has 45 heavy (non-hydrogen) atoms. The quantitative estimate of drug-likeness (QED) is 0.187. The van der Waals surface area contributed by atoms with Crippen LogP contribution in [0.1, 0.15) is 0 Å². The molecule has 1 heterocycles. The standard InChI is InChI=1S/C44H27N/c1-2-9-31-26-33(19-16-28(31)8-1)36-23-21-30-18-17-29-20-22-35(39-24-25-40(36)44(30)43(29)39)32-10-7-11-34(27-32)45-41-14-5-3-12-37(41)38-13-4-6-15-42(38)45/h1-27H. The number of rotatable bonds is 3. The molecule has 9 aromatic carbocycles. The topological polar surface area (TPSA) is 4.93 Å². The highest BCUT2D eigenvalue weighted by molar-refractivity contribution is 6.27. The first-order chi connectivity index (χ1) is 22.3. The SMILES string of the molecule is c1cc(-c2ccc3ccc4ccc(-c5ccc6ccccc6c5)c5ccc2c3c45)cc(-n2c3ccccc3c3ccccc32)c1. The van der Waals surface area contributed by atoms with Gasteiger partial charge in [-0.2, -0.15) is 0 Å². The Kier molecular flexibility index (Phi) is 5.06. The van der Waals surface area contributed by atoms with Gasteiger partial charge in [-0.3, -0.25) is 0 Å². The minimum atomic E-state index is 1.18. The van der Waals surface area contributed by atoms with E-state index in [1.54, 1.807) is 0 Å². The van der Waals surface area contributed by atoms with E-state index in [9.17, 15) is 0 Å². The molecule has 208 valence electrons. The maximum absolute atomic E-state index is 2.40. The predicted molar refractivity (Wildman–Crippen MR) is 193 cm³/mol. The molecule has 0 bridgehead atoms. The lowest BCUT2D eigenvalue weighted by Crippen LogP contribution is -1.94. The van der Waals surface area contributed by atoms with Crippen molar-refractivity contribution in [3.63, 3.8) is 0 Å². The summed E-state index contributed by atoms with van der Waals surface area (Å²) < 4.78 is 2.40. The van der Waals surface area contributed by atoms with E-state index in [0.717, 1.165) is 0 Å². The fraction of sp³-hybridized carbons (Fsp3) is 0. The molecule has 0 unspecified atom stereocenters. The summed E-state index contributed by atoms with van der Waals surface area (Å²) in [6.45, 7) is 0. The van der Waals surface area contributed by atoms with Crippen molar-refractivity contribution in [2.45, 2.75) is 0 Å². The molecule has 0 aliphatic heterocycles. The second-order valence-electron chi connectivity index (χ2n) is 12.1. The van der Waals surface area contributed by atoms with Crippen LogP contribution in [-0.2, 0) is 0 Å². The lowest BCUT2D eigenvalue weighted by molar-refractivity contribution is 1.18. The number of fused-ring (bicyclic) bond motifs is 4. The minimum absolute atomic E-state index is 1.18. The van der Waals surface area contributed by atoms with E-state index in [-0.39, 0.29) is 0 Å². The molecule has 0 saturated heterocycles. The largest absolute Gasteiger partial charge is 0.309 e. The zero-order chi connectivity index (χ0) is 29.5. The van der Waals surface area contributed by atoms with Gasteiger partial charge in [-0.15, -0.1) is 0 Å². The number of para-hydroxylation sites is 2. The fourth-order valence-electron chi connectivity index (χ4n) is 7.67. The van der Waals surface area contributed by atoms with Crippen molar-refractivity contribution in [2.24, 2.45) is 0 Å². The fourth-order valence-corrected chi connectivity index (χ4v) is 7.67. The lowest BCUT2D eigenvalue weighted by atomic mass is 9.87. The minimum Gasteiger partial charge on any atom is -0.309 e. The van der Waals surface area contributed by atoms with Crippen molar-refractivity contribution in [3.05, 3.63) is 164 Å². The van der Waals surface area contributed by atoms with Crippen molar-refractivity contribution in [1.82, 2.24) is 4.57 Å². The molecule has 0 spiro atoms. The average Bonchev–Trinajstić information content (AvgIpc) is 3.45. The van der Waals surface area contributed by atoms with Gasteiger partial charge in [0.1, 0.15) is 0 Å². The highest BCUT2D eigenvalue weighted by Crippen LogP contribution is 2.43. The number of nitrogens with zero attached hydrogens (tertiary/aromatic N) is 1. The van der Waals surface area contributed by atoms with Crippen LogP contribution in [0.2, 0.25) is 0 Å². The summed E-state index contributed by atoms with van der Waals surface area (Å²) in [5.41, 5.74) is 8.65. The Balaban J connectivity index is 1.20. The van der Waals surface area contributed by atoms with Gasteiger partial charge in [-0.25, -0.2) is 0 Å². The average molecular weight is 570 g/mol. The Hall–Kier alpha value is -5.92. The van der Waals surface area contributed by atoms with E-state index < -0.39 is 0 Å². The summed E-state index contributed by atoms with van der Waals surface area (Å²) in [5.74, 6) is 0. The van der Waals surface area contributed by atoms with Crippen molar-refractivity contribution < 1.29 is 0 Å². The second-order valence-corrected chi connectivity index (χ2v) is 12.1. The molecular formula is C44H27N. The van der Waals surface area contributed by atoms with Gasteiger partial charge >= 0.3 is 0 Å². The summed E-state index contributed by atoms with van der Waals surface area (Å²) in [6.07, 6.45) is 0. The number of aromatic nitrogens is 1. The molecule has 0 amide bonds. The first kappa shape index (κ1) is 24.5. The molecule has 0 aliphatic carbocycles. The molecule has 1 heteroatoms. The molecule has 1 nitrogen and oxygen atoms in total. The van der Waals surface area contributed by atoms with Crippen LogP contribution >= 0.6 is 0 Å². The Morgan fingerprint density at radius 3 is 1.51 bits per heavy atom. The Labute approximate surface area is 260 Å². The van der Waals surface area contributed by atoms with Gasteiger partial charge in [-0.05, 0) is 95.7 Å². The van der Waals surface area contributed by atoms with Crippen molar-refractivity contribution in [2.75, 3.05) is 0 Å². The van der Waals surface area contributed by atoms with E-state index in [4.69, 9.17) is 0 Å². The predicted octanol–water partition coefficient (Wildman–Crippen LogP) is 12.2. The first-order valence-electron chi connectivity index (χ1n) is 15.6. The molecular weight excluding hydrogens is 542 g/mol. The van der Waals surface area contributed by atoms with E-state index in [2.05, 4.69) is 168 Å². The summed E-state index contributed by atoms with van der Waals surface area (Å²) in [4.78, 5) is 0. The molecule has 10 rings (SSSR count). The number of hydrogen-bond donors (Lipinski definition) is 0. The summed E-state index contributed by atoms with van der Waals surface area (Å²) in [6, 6.07) is 60.3. The van der Waals surface area contributed by atoms with Gasteiger partial charge in [0.05, 0.1) is 11.0 Å². The van der Waals surface area contributed by atoms with Gasteiger partial charge in [-0.1, -0.05) is 133 Å². The van der Waals surface area contributed by atoms with Gasteiger partial charge < -0.3 is 4.57 Å². The van der Waals surface area contributed by atoms with Crippen LogP contribution in [0.25, 0.3) is 92.8 Å². The third-order valence-corrected chi connectivity index (χ3v) is 9.72. The molecule has 0 saturated carbocycles. The molecule has 0 N–H and O–H groups in total. The monoisotopic (exact) mass is 569 g/mol. The molecule has 10 aromatic rings. The zero-order valence-corrected chi connectivity index (χ0v) is 24.5. The van der Waals surface area contributed by atoms with E-state index >= 15 is 0 Å². The van der Waals surface area contributed by atoms with Crippen LogP contribution < -0.4 is 0 Å². The molecule has 0 aliphatic rings. The summed E-state index contributed by atoms with van der Waals surface area (Å²) in [5, 5.41) is 12.9. The van der Waals surface area contributed by atoms with Gasteiger partial charge in [0, 0.05) is 16.5 Å². The molecule has 0 radical (unpaired) electrons. The first-order valence-corrected chi connectivity index (χ1v) is 15.6. The highest BCUT2D eigenvalue weighted by Gasteiger charge is 2.16. The zero-order valence-electron chi connectivity index (χ0n) is 24.5. The van der Waals surface area contributed by atoms with Crippen LogP contribution in [-0.4, -0.2) is 4.57 Å². The van der Waals surface area contributed by atoms with E-state index in [1.165, 1.54) is 92.8 Å². The maximum Gasteiger partial charge on any atom is 0.0541 e. The highest BCUT2D eigenvalue weighted by atomic mass is 15.0. The normalized spacial score (nSPS) is 12.0. The van der Waals surface area contributed by atoms with Crippen LogP contribution in [0.3, 0.4) is 0 Å². The summed E-state index contributed by atoms with van der Waals surface area (Å²) >= 11 is 0.